The molecule has 0 saturated heterocycles. The quantitative estimate of drug-likeness (QED) is 0.244. The van der Waals surface area contributed by atoms with Gasteiger partial charge in [-0.3, -0.25) is 4.98 Å². The summed E-state index contributed by atoms with van der Waals surface area (Å²) < 4.78 is 3.93. The van der Waals surface area contributed by atoms with Crippen LogP contribution in [-0.2, 0) is 13.5 Å². The number of pyridine rings is 1. The molecule has 0 radical (unpaired) electrons. The van der Waals surface area contributed by atoms with Gasteiger partial charge in [0.05, 0.1) is 29.1 Å². The Morgan fingerprint density at radius 2 is 1.76 bits per heavy atom. The molecule has 0 unspecified atom stereocenters. The molecule has 0 spiro atoms. The van der Waals surface area contributed by atoms with Crippen molar-refractivity contribution in [2.24, 2.45) is 7.05 Å². The van der Waals surface area contributed by atoms with Crippen LogP contribution < -0.4 is 0 Å². The van der Waals surface area contributed by atoms with E-state index in [1.165, 1.54) is 25.7 Å². The molecule has 0 saturated carbocycles. The lowest BCUT2D eigenvalue weighted by Crippen LogP contribution is -1.99. The topological polar surface area (TPSA) is 60.9 Å². The summed E-state index contributed by atoms with van der Waals surface area (Å²) in [6.07, 6.45) is 9.95. The van der Waals surface area contributed by atoms with E-state index in [1.807, 2.05) is 62.9 Å². The molecule has 0 aliphatic heterocycles. The minimum atomic E-state index is 0.641. The van der Waals surface area contributed by atoms with Crippen molar-refractivity contribution in [2.75, 3.05) is 0 Å². The Hall–Kier alpha value is -2.51. The molecular formula is C25H33ClN6S. The van der Waals surface area contributed by atoms with Gasteiger partial charge in [-0.05, 0) is 25.1 Å². The van der Waals surface area contributed by atoms with Crippen LogP contribution in [0.4, 0.5) is 0 Å². The van der Waals surface area contributed by atoms with Crippen molar-refractivity contribution in [3.63, 3.8) is 0 Å². The highest BCUT2D eigenvalue weighted by Crippen LogP contribution is 2.27. The zero-order valence-corrected chi connectivity index (χ0v) is 22.0. The second kappa shape index (κ2) is 11.6. The Bertz CT molecular complexity index is 1300. The highest BCUT2D eigenvalue weighted by Gasteiger charge is 2.14. The average molecular weight is 485 g/mol. The molecule has 0 aliphatic carbocycles. The minimum absolute atomic E-state index is 0.641. The van der Waals surface area contributed by atoms with Crippen LogP contribution >= 0.6 is 22.9 Å². The normalized spacial score (nSPS) is 10.9. The number of rotatable bonds is 5. The van der Waals surface area contributed by atoms with Crippen LogP contribution in [0.2, 0.25) is 5.02 Å². The van der Waals surface area contributed by atoms with E-state index in [-0.39, 0.29) is 0 Å². The first-order valence-electron chi connectivity index (χ1n) is 11.7. The molecule has 0 fully saturated rings. The first-order chi connectivity index (χ1) is 16.0. The third-order valence-electron chi connectivity index (χ3n) is 5.24. The number of hydrogen-bond donors (Lipinski definition) is 0. The van der Waals surface area contributed by atoms with E-state index >= 15 is 0 Å². The van der Waals surface area contributed by atoms with Crippen LogP contribution in [0.25, 0.3) is 26.9 Å². The van der Waals surface area contributed by atoms with E-state index < -0.39 is 0 Å². The Morgan fingerprint density at radius 1 is 1.03 bits per heavy atom. The van der Waals surface area contributed by atoms with Crippen molar-refractivity contribution in [1.29, 1.82) is 0 Å². The molecule has 176 valence electrons. The zero-order valence-electron chi connectivity index (χ0n) is 20.4. The smallest absolute Gasteiger partial charge is 0.212 e. The van der Waals surface area contributed by atoms with Crippen LogP contribution in [-0.4, -0.2) is 29.1 Å². The summed E-state index contributed by atoms with van der Waals surface area (Å²) in [6.45, 7) is 10.4. The monoisotopic (exact) mass is 484 g/mol. The van der Waals surface area contributed by atoms with Gasteiger partial charge in [0.1, 0.15) is 16.3 Å². The first-order valence-corrected chi connectivity index (χ1v) is 12.9. The largest absolute Gasteiger partial charge is 0.330 e. The number of fused-ring (bicyclic) bond motifs is 4. The van der Waals surface area contributed by atoms with Gasteiger partial charge in [0.15, 0.2) is 0 Å². The van der Waals surface area contributed by atoms with Gasteiger partial charge in [-0.25, -0.2) is 14.5 Å². The summed E-state index contributed by atoms with van der Waals surface area (Å²) in [5.74, 6) is 0.937. The molecule has 0 amide bonds. The van der Waals surface area contributed by atoms with Crippen molar-refractivity contribution in [1.82, 2.24) is 29.1 Å². The summed E-state index contributed by atoms with van der Waals surface area (Å²) in [5, 5.41) is 7.12. The van der Waals surface area contributed by atoms with E-state index in [1.54, 1.807) is 11.3 Å². The molecule has 33 heavy (non-hydrogen) atoms. The van der Waals surface area contributed by atoms with E-state index in [4.69, 9.17) is 16.6 Å². The molecular weight excluding hydrogens is 452 g/mol. The van der Waals surface area contributed by atoms with Gasteiger partial charge in [0.2, 0.25) is 4.96 Å². The summed E-state index contributed by atoms with van der Waals surface area (Å²) in [5.41, 5.74) is 3.76. The number of halogens is 1. The zero-order chi connectivity index (χ0) is 24.0. The SMILES string of the molecule is CC.CCCCCC.Cc1nn2cc(Cc3nc4cnc5ccc(Cl)cc5c4n3C)nc2s1. The lowest BCUT2D eigenvalue weighted by molar-refractivity contribution is 0.702. The predicted octanol–water partition coefficient (Wildman–Crippen LogP) is 7.39. The number of aromatic nitrogens is 6. The molecule has 0 atom stereocenters. The maximum absolute atomic E-state index is 6.18. The third kappa shape index (κ3) is 5.71. The van der Waals surface area contributed by atoms with Crippen LogP contribution in [0.15, 0.2) is 30.6 Å². The number of benzene rings is 1. The van der Waals surface area contributed by atoms with Gasteiger partial charge in [-0.15, -0.1) is 0 Å². The fourth-order valence-corrected chi connectivity index (χ4v) is 4.58. The van der Waals surface area contributed by atoms with Crippen molar-refractivity contribution in [3.8, 4) is 0 Å². The summed E-state index contributed by atoms with van der Waals surface area (Å²) >= 11 is 7.76. The van der Waals surface area contributed by atoms with Crippen molar-refractivity contribution < 1.29 is 0 Å². The van der Waals surface area contributed by atoms with E-state index in [9.17, 15) is 0 Å². The number of unbranched alkanes of at least 4 members (excludes halogenated alkanes) is 3. The highest BCUT2D eigenvalue weighted by molar-refractivity contribution is 7.16. The molecule has 0 aliphatic rings. The second-order valence-electron chi connectivity index (χ2n) is 7.70. The van der Waals surface area contributed by atoms with Gasteiger partial charge in [0, 0.05) is 23.9 Å². The highest BCUT2D eigenvalue weighted by atomic mass is 35.5. The molecule has 4 aromatic heterocycles. The Labute approximate surface area is 204 Å². The fraction of sp³-hybridized carbons (Fsp3) is 0.440. The van der Waals surface area contributed by atoms with Crippen LogP contribution in [0.3, 0.4) is 0 Å². The lowest BCUT2D eigenvalue weighted by Gasteiger charge is -2.03. The van der Waals surface area contributed by atoms with Gasteiger partial charge >= 0.3 is 0 Å². The average Bonchev–Trinajstić information content (AvgIpc) is 3.45. The molecule has 4 heterocycles. The molecule has 0 bridgehead atoms. The Morgan fingerprint density at radius 3 is 2.42 bits per heavy atom. The molecule has 8 heteroatoms. The number of imidazole rings is 2. The van der Waals surface area contributed by atoms with Gasteiger partial charge in [0.25, 0.3) is 0 Å². The van der Waals surface area contributed by atoms with Crippen molar-refractivity contribution in [2.45, 2.75) is 66.7 Å². The maximum Gasteiger partial charge on any atom is 0.212 e. The first kappa shape index (κ1) is 25.1. The van der Waals surface area contributed by atoms with E-state index in [0.29, 0.717) is 11.4 Å². The summed E-state index contributed by atoms with van der Waals surface area (Å²) in [4.78, 5) is 14.8. The summed E-state index contributed by atoms with van der Waals surface area (Å²) in [6, 6.07) is 5.73. The molecule has 5 aromatic rings. The molecule has 0 N–H and O–H groups in total. The fourth-order valence-electron chi connectivity index (χ4n) is 3.67. The minimum Gasteiger partial charge on any atom is -0.330 e. The van der Waals surface area contributed by atoms with Crippen molar-refractivity contribution >= 4 is 49.8 Å². The van der Waals surface area contributed by atoms with Crippen LogP contribution in [0, 0.1) is 6.92 Å². The van der Waals surface area contributed by atoms with E-state index in [2.05, 4.69) is 33.5 Å². The lowest BCUT2D eigenvalue weighted by atomic mass is 10.2. The van der Waals surface area contributed by atoms with Crippen LogP contribution in [0.1, 0.15) is 69.9 Å². The third-order valence-corrected chi connectivity index (χ3v) is 6.32. The van der Waals surface area contributed by atoms with E-state index in [0.717, 1.165) is 43.4 Å². The standard InChI is InChI=1S/C17H13ClN6S.C6H14.C2H6/c1-9-22-24-8-11(20-17(24)25-9)6-15-21-14-7-19-13-4-3-10(18)5-12(13)16(14)23(15)2;1-3-5-6-4-2;1-2/h3-5,7-8H,6H2,1-2H3;3-6H2,1-2H3;1-2H3. The molecule has 5 rings (SSSR count). The Kier molecular flexibility index (Phi) is 8.80. The predicted molar refractivity (Wildman–Crippen MR) is 141 cm³/mol. The van der Waals surface area contributed by atoms with Crippen molar-refractivity contribution in [3.05, 3.63) is 52.1 Å². The number of aryl methyl sites for hydroxylation is 2. The number of hydrogen-bond acceptors (Lipinski definition) is 5. The van der Waals surface area contributed by atoms with Gasteiger partial charge in [-0.2, -0.15) is 5.10 Å². The molecule has 1 aromatic carbocycles. The number of nitrogens with zero attached hydrogens (tertiary/aromatic N) is 6. The van der Waals surface area contributed by atoms with Gasteiger partial charge < -0.3 is 4.57 Å². The maximum atomic E-state index is 6.18. The summed E-state index contributed by atoms with van der Waals surface area (Å²) in [7, 11) is 2.02. The van der Waals surface area contributed by atoms with Crippen LogP contribution in [0.5, 0.6) is 0 Å². The van der Waals surface area contributed by atoms with Gasteiger partial charge in [-0.1, -0.05) is 76.3 Å². The second-order valence-corrected chi connectivity index (χ2v) is 9.30. The molecule has 6 nitrogen and oxygen atoms in total. The Balaban J connectivity index is 0.000000336.